The van der Waals surface area contributed by atoms with Crippen LogP contribution in [0.1, 0.15) is 18.1 Å². The van der Waals surface area contributed by atoms with Crippen LogP contribution in [0.15, 0.2) is 23.1 Å². The molecule has 70 valence electrons. The molecule has 0 saturated carbocycles. The summed E-state index contributed by atoms with van der Waals surface area (Å²) in [7, 11) is 0. The molecule has 1 aromatic rings. The first-order valence-electron chi connectivity index (χ1n) is 4.78. The summed E-state index contributed by atoms with van der Waals surface area (Å²) in [6.45, 7) is 3.04. The molecule has 1 aromatic carbocycles. The molecule has 0 aromatic heterocycles. The summed E-state index contributed by atoms with van der Waals surface area (Å²) < 4.78 is 0. The molecule has 0 fully saturated rings. The highest BCUT2D eigenvalue weighted by molar-refractivity contribution is 8.00. The van der Waals surface area contributed by atoms with Crippen LogP contribution in [-0.2, 0) is 12.8 Å². The Morgan fingerprint density at radius 1 is 1.54 bits per heavy atom. The zero-order valence-electron chi connectivity index (χ0n) is 7.92. The monoisotopic (exact) mass is 193 g/mol. The summed E-state index contributed by atoms with van der Waals surface area (Å²) in [4.78, 5) is 1.47. The van der Waals surface area contributed by atoms with Crippen molar-refractivity contribution in [1.29, 1.82) is 0 Å². The summed E-state index contributed by atoms with van der Waals surface area (Å²) in [5.74, 6) is 0. The van der Waals surface area contributed by atoms with Gasteiger partial charge in [0.2, 0.25) is 0 Å². The molecular formula is C11H15NS. The Kier molecular flexibility index (Phi) is 2.61. The fourth-order valence-electron chi connectivity index (χ4n) is 1.80. The Morgan fingerprint density at radius 3 is 3.15 bits per heavy atom. The third kappa shape index (κ3) is 1.89. The highest BCUT2D eigenvalue weighted by atomic mass is 32.2. The molecule has 1 unspecified atom stereocenters. The molecule has 2 N–H and O–H groups in total. The third-order valence-corrected chi connectivity index (χ3v) is 3.61. The van der Waals surface area contributed by atoms with Gasteiger partial charge >= 0.3 is 0 Å². The molecule has 0 bridgehead atoms. The molecular weight excluding hydrogens is 178 g/mol. The van der Waals surface area contributed by atoms with Gasteiger partial charge in [-0.2, -0.15) is 0 Å². The third-order valence-electron chi connectivity index (χ3n) is 2.39. The molecule has 1 heterocycles. The number of hydrogen-bond acceptors (Lipinski definition) is 2. The average molecular weight is 193 g/mol. The van der Waals surface area contributed by atoms with E-state index in [-0.39, 0.29) is 0 Å². The van der Waals surface area contributed by atoms with Gasteiger partial charge < -0.3 is 5.73 Å². The van der Waals surface area contributed by atoms with E-state index < -0.39 is 0 Å². The zero-order valence-corrected chi connectivity index (χ0v) is 8.73. The summed E-state index contributed by atoms with van der Waals surface area (Å²) in [6, 6.07) is 6.77. The van der Waals surface area contributed by atoms with Crippen LogP contribution in [-0.4, -0.2) is 11.8 Å². The molecule has 2 rings (SSSR count). The lowest BCUT2D eigenvalue weighted by atomic mass is 10.1. The van der Waals surface area contributed by atoms with Crippen LogP contribution < -0.4 is 5.73 Å². The Bertz CT molecular complexity index is 309. The highest BCUT2D eigenvalue weighted by Gasteiger charge is 2.17. The molecule has 1 aliphatic rings. The van der Waals surface area contributed by atoms with Crippen LogP contribution in [0.25, 0.3) is 0 Å². The highest BCUT2D eigenvalue weighted by Crippen LogP contribution is 2.36. The van der Waals surface area contributed by atoms with E-state index in [0.717, 1.165) is 18.2 Å². The Balaban J connectivity index is 2.24. The van der Waals surface area contributed by atoms with E-state index in [9.17, 15) is 0 Å². The number of hydrogen-bond donors (Lipinski definition) is 1. The molecule has 13 heavy (non-hydrogen) atoms. The van der Waals surface area contributed by atoms with Crippen molar-refractivity contribution in [3.63, 3.8) is 0 Å². The van der Waals surface area contributed by atoms with Crippen LogP contribution in [0.2, 0.25) is 0 Å². The minimum Gasteiger partial charge on any atom is -0.330 e. The molecule has 0 amide bonds. The smallest absolute Gasteiger partial charge is 0.0107 e. The van der Waals surface area contributed by atoms with Crippen LogP contribution in [0.3, 0.4) is 0 Å². The lowest BCUT2D eigenvalue weighted by Gasteiger charge is -2.01. The second kappa shape index (κ2) is 3.72. The normalized spacial score (nSPS) is 20.3. The molecule has 0 radical (unpaired) electrons. The van der Waals surface area contributed by atoms with Crippen LogP contribution in [0, 0.1) is 0 Å². The number of fused-ring (bicyclic) bond motifs is 1. The van der Waals surface area contributed by atoms with Crippen molar-refractivity contribution in [2.45, 2.75) is 29.9 Å². The summed E-state index contributed by atoms with van der Waals surface area (Å²) in [6.07, 6.45) is 2.23. The number of rotatable bonds is 2. The van der Waals surface area contributed by atoms with E-state index in [1.54, 1.807) is 0 Å². The van der Waals surface area contributed by atoms with Gasteiger partial charge in [-0.15, -0.1) is 11.8 Å². The maximum absolute atomic E-state index is 5.53. The maximum atomic E-state index is 5.53. The van der Waals surface area contributed by atoms with E-state index in [2.05, 4.69) is 25.1 Å². The van der Waals surface area contributed by atoms with Crippen molar-refractivity contribution in [3.05, 3.63) is 29.3 Å². The zero-order chi connectivity index (χ0) is 9.26. The van der Waals surface area contributed by atoms with E-state index >= 15 is 0 Å². The molecule has 0 aliphatic carbocycles. The van der Waals surface area contributed by atoms with Crippen molar-refractivity contribution >= 4 is 11.8 Å². The second-order valence-corrected chi connectivity index (χ2v) is 5.09. The molecule has 2 heteroatoms. The van der Waals surface area contributed by atoms with Crippen molar-refractivity contribution in [2.75, 3.05) is 6.54 Å². The minimum atomic E-state index is 0.751. The first kappa shape index (κ1) is 9.10. The summed E-state index contributed by atoms with van der Waals surface area (Å²) in [5.41, 5.74) is 8.43. The first-order valence-corrected chi connectivity index (χ1v) is 5.66. The Morgan fingerprint density at radius 2 is 2.38 bits per heavy atom. The quantitative estimate of drug-likeness (QED) is 0.779. The van der Waals surface area contributed by atoms with Gasteiger partial charge in [-0.3, -0.25) is 0 Å². The Hall–Kier alpha value is -0.470. The largest absolute Gasteiger partial charge is 0.330 e. The van der Waals surface area contributed by atoms with Crippen molar-refractivity contribution in [2.24, 2.45) is 5.73 Å². The van der Waals surface area contributed by atoms with Gasteiger partial charge in [-0.1, -0.05) is 19.1 Å². The molecule has 1 nitrogen and oxygen atoms in total. The van der Waals surface area contributed by atoms with Crippen LogP contribution >= 0.6 is 11.8 Å². The summed E-state index contributed by atoms with van der Waals surface area (Å²) >= 11 is 1.99. The van der Waals surface area contributed by atoms with E-state index in [0.29, 0.717) is 0 Å². The molecule has 0 spiro atoms. The summed E-state index contributed by atoms with van der Waals surface area (Å²) in [5, 5.41) is 0.753. The van der Waals surface area contributed by atoms with Gasteiger partial charge in [0.1, 0.15) is 0 Å². The molecule has 0 saturated heterocycles. The SMILES string of the molecule is CC1Cc2cc(CCN)ccc2S1. The second-order valence-electron chi connectivity index (χ2n) is 3.61. The van der Waals surface area contributed by atoms with Gasteiger partial charge in [0.25, 0.3) is 0 Å². The predicted molar refractivity (Wildman–Crippen MR) is 58.2 cm³/mol. The van der Waals surface area contributed by atoms with Gasteiger partial charge in [-0.05, 0) is 36.6 Å². The van der Waals surface area contributed by atoms with E-state index in [1.165, 1.54) is 22.4 Å². The predicted octanol–water partition coefficient (Wildman–Crippen LogP) is 2.22. The van der Waals surface area contributed by atoms with Gasteiger partial charge in [0.15, 0.2) is 0 Å². The number of nitrogens with two attached hydrogens (primary N) is 1. The lowest BCUT2D eigenvalue weighted by molar-refractivity contribution is 0.933. The standard InChI is InChI=1S/C11H15NS/c1-8-6-10-7-9(4-5-12)2-3-11(10)13-8/h2-3,7-8H,4-6,12H2,1H3. The maximum Gasteiger partial charge on any atom is 0.0107 e. The van der Waals surface area contributed by atoms with Gasteiger partial charge in [0.05, 0.1) is 0 Å². The average Bonchev–Trinajstić information content (AvgIpc) is 2.44. The van der Waals surface area contributed by atoms with Gasteiger partial charge in [-0.25, -0.2) is 0 Å². The lowest BCUT2D eigenvalue weighted by Crippen LogP contribution is -2.03. The fraction of sp³-hybridized carbons (Fsp3) is 0.455. The topological polar surface area (TPSA) is 26.0 Å². The van der Waals surface area contributed by atoms with E-state index in [1.807, 2.05) is 11.8 Å². The minimum absolute atomic E-state index is 0.751. The van der Waals surface area contributed by atoms with Crippen molar-refractivity contribution < 1.29 is 0 Å². The van der Waals surface area contributed by atoms with Crippen molar-refractivity contribution in [3.8, 4) is 0 Å². The molecule has 1 aliphatic heterocycles. The fourth-order valence-corrected chi connectivity index (χ4v) is 2.93. The van der Waals surface area contributed by atoms with Crippen LogP contribution in [0.5, 0.6) is 0 Å². The van der Waals surface area contributed by atoms with Crippen molar-refractivity contribution in [1.82, 2.24) is 0 Å². The number of thioether (sulfide) groups is 1. The first-order chi connectivity index (χ1) is 6.29. The Labute approximate surface area is 83.7 Å². The van der Waals surface area contributed by atoms with Gasteiger partial charge in [0, 0.05) is 10.1 Å². The number of benzene rings is 1. The molecule has 1 atom stereocenters. The van der Waals surface area contributed by atoms with E-state index in [4.69, 9.17) is 5.73 Å². The van der Waals surface area contributed by atoms with Crippen LogP contribution in [0.4, 0.5) is 0 Å².